The summed E-state index contributed by atoms with van der Waals surface area (Å²) in [4.78, 5) is 12.8. The van der Waals surface area contributed by atoms with Crippen LogP contribution in [-0.4, -0.2) is 32.8 Å². The standard InChI is InChI=1S/C19H19Cl2NO4S/c1-2-26-18(23)19(11-22)16(12-4-3-5-14(21)10-12)17(19)27(24,25)15-8-6-13(20)7-9-15/h3-10,16-17H,2,11,22H2,1H3/t16-,17-,19-/m0/s1. The van der Waals surface area contributed by atoms with Crippen molar-refractivity contribution < 1.29 is 17.9 Å². The molecule has 1 aliphatic rings. The Kier molecular flexibility index (Phi) is 5.54. The van der Waals surface area contributed by atoms with Crippen LogP contribution in [0, 0.1) is 5.41 Å². The van der Waals surface area contributed by atoms with Crippen molar-refractivity contribution in [1.29, 1.82) is 0 Å². The zero-order chi connectivity index (χ0) is 19.8. The Bertz CT molecular complexity index is 962. The van der Waals surface area contributed by atoms with Gasteiger partial charge in [0.1, 0.15) is 5.41 Å². The van der Waals surface area contributed by atoms with Crippen LogP contribution >= 0.6 is 23.2 Å². The number of hydrogen-bond acceptors (Lipinski definition) is 5. The first-order chi connectivity index (χ1) is 12.8. The Hall–Kier alpha value is -1.60. The van der Waals surface area contributed by atoms with E-state index in [9.17, 15) is 13.2 Å². The Morgan fingerprint density at radius 2 is 1.81 bits per heavy atom. The minimum Gasteiger partial charge on any atom is -0.465 e. The smallest absolute Gasteiger partial charge is 0.315 e. The average Bonchev–Trinajstić information content (AvgIpc) is 3.34. The molecule has 0 aliphatic heterocycles. The lowest BCUT2D eigenvalue weighted by Gasteiger charge is -2.14. The number of rotatable bonds is 6. The molecule has 3 rings (SSSR count). The van der Waals surface area contributed by atoms with Gasteiger partial charge in [-0.25, -0.2) is 8.42 Å². The highest BCUT2D eigenvalue weighted by Crippen LogP contribution is 2.64. The maximum atomic E-state index is 13.3. The minimum absolute atomic E-state index is 0.0866. The van der Waals surface area contributed by atoms with E-state index in [1.807, 2.05) is 0 Å². The van der Waals surface area contributed by atoms with Gasteiger partial charge < -0.3 is 10.5 Å². The first-order valence-electron chi connectivity index (χ1n) is 8.41. The van der Waals surface area contributed by atoms with E-state index in [-0.39, 0.29) is 18.0 Å². The monoisotopic (exact) mass is 427 g/mol. The number of sulfone groups is 1. The first kappa shape index (κ1) is 20.1. The fourth-order valence-electron chi connectivity index (χ4n) is 3.64. The highest BCUT2D eigenvalue weighted by atomic mass is 35.5. The average molecular weight is 428 g/mol. The summed E-state index contributed by atoms with van der Waals surface area (Å²) in [6, 6.07) is 12.7. The van der Waals surface area contributed by atoms with E-state index < -0.39 is 32.4 Å². The second-order valence-electron chi connectivity index (χ2n) is 6.42. The lowest BCUT2D eigenvalue weighted by Crippen LogP contribution is -2.33. The van der Waals surface area contributed by atoms with Crippen LogP contribution in [0.5, 0.6) is 0 Å². The van der Waals surface area contributed by atoms with E-state index in [4.69, 9.17) is 33.7 Å². The molecule has 144 valence electrons. The van der Waals surface area contributed by atoms with Gasteiger partial charge in [-0.3, -0.25) is 4.79 Å². The number of halogens is 2. The summed E-state index contributed by atoms with van der Waals surface area (Å²) in [5, 5.41) is -0.155. The topological polar surface area (TPSA) is 86.5 Å². The number of carbonyl (C=O) groups is 1. The molecule has 8 heteroatoms. The third kappa shape index (κ3) is 3.36. The van der Waals surface area contributed by atoms with Gasteiger partial charge in [-0.15, -0.1) is 0 Å². The van der Waals surface area contributed by atoms with E-state index in [1.165, 1.54) is 24.3 Å². The van der Waals surface area contributed by atoms with Gasteiger partial charge >= 0.3 is 5.97 Å². The first-order valence-corrected chi connectivity index (χ1v) is 10.7. The van der Waals surface area contributed by atoms with E-state index in [0.29, 0.717) is 15.6 Å². The molecular formula is C19H19Cl2NO4S. The molecule has 2 aromatic carbocycles. The Morgan fingerprint density at radius 1 is 1.15 bits per heavy atom. The summed E-state index contributed by atoms with van der Waals surface area (Å²) in [7, 11) is -3.86. The third-order valence-electron chi connectivity index (χ3n) is 4.93. The number of benzene rings is 2. The molecule has 3 atom stereocenters. The molecule has 1 saturated carbocycles. The van der Waals surface area contributed by atoms with Crippen molar-refractivity contribution in [3.8, 4) is 0 Å². The van der Waals surface area contributed by atoms with Gasteiger partial charge in [0.25, 0.3) is 0 Å². The number of carbonyl (C=O) groups excluding carboxylic acids is 1. The van der Waals surface area contributed by atoms with Crippen LogP contribution in [0.2, 0.25) is 10.0 Å². The van der Waals surface area contributed by atoms with E-state index in [0.717, 1.165) is 0 Å². The summed E-state index contributed by atoms with van der Waals surface area (Å²) < 4.78 is 31.8. The molecule has 5 nitrogen and oxygen atoms in total. The summed E-state index contributed by atoms with van der Waals surface area (Å²) in [6.45, 7) is 1.65. The van der Waals surface area contributed by atoms with Crippen molar-refractivity contribution in [2.75, 3.05) is 13.2 Å². The number of hydrogen-bond donors (Lipinski definition) is 1. The molecule has 0 bridgehead atoms. The number of nitrogens with two attached hydrogens (primary N) is 1. The maximum absolute atomic E-state index is 13.3. The van der Waals surface area contributed by atoms with E-state index >= 15 is 0 Å². The second kappa shape index (κ2) is 7.43. The SMILES string of the molecule is CCOC(=O)[C@@]1(CN)[C@@H](c2cccc(Cl)c2)[C@@H]1S(=O)(=O)c1ccc(Cl)cc1. The molecular weight excluding hydrogens is 409 g/mol. The quantitative estimate of drug-likeness (QED) is 0.713. The van der Waals surface area contributed by atoms with Crippen LogP contribution in [0.25, 0.3) is 0 Å². The summed E-state index contributed by atoms with van der Waals surface area (Å²) in [6.07, 6.45) is 0. The van der Waals surface area contributed by atoms with Gasteiger partial charge in [-0.2, -0.15) is 0 Å². The highest BCUT2D eigenvalue weighted by Gasteiger charge is 2.75. The molecule has 0 unspecified atom stereocenters. The fraction of sp³-hybridized carbons (Fsp3) is 0.316. The molecule has 0 heterocycles. The van der Waals surface area contributed by atoms with Crippen LogP contribution in [0.3, 0.4) is 0 Å². The lowest BCUT2D eigenvalue weighted by atomic mass is 9.99. The minimum atomic E-state index is -3.86. The van der Waals surface area contributed by atoms with Gasteiger partial charge in [0.2, 0.25) is 0 Å². The van der Waals surface area contributed by atoms with Crippen LogP contribution < -0.4 is 5.73 Å². The molecule has 2 aromatic rings. The van der Waals surface area contributed by atoms with Gasteiger partial charge in [0.15, 0.2) is 9.84 Å². The van der Waals surface area contributed by atoms with Crippen LogP contribution in [-0.2, 0) is 19.4 Å². The van der Waals surface area contributed by atoms with E-state index in [1.54, 1.807) is 31.2 Å². The molecule has 0 aromatic heterocycles. The third-order valence-corrected chi connectivity index (χ3v) is 7.71. The molecule has 27 heavy (non-hydrogen) atoms. The van der Waals surface area contributed by atoms with Gasteiger partial charge in [0.05, 0.1) is 16.8 Å². The molecule has 1 fully saturated rings. The van der Waals surface area contributed by atoms with Crippen molar-refractivity contribution in [2.45, 2.75) is 23.0 Å². The molecule has 0 amide bonds. The van der Waals surface area contributed by atoms with Crippen molar-refractivity contribution in [3.05, 3.63) is 64.1 Å². The van der Waals surface area contributed by atoms with Gasteiger partial charge in [0, 0.05) is 22.5 Å². The number of ether oxygens (including phenoxy) is 1. The molecule has 2 N–H and O–H groups in total. The zero-order valence-electron chi connectivity index (χ0n) is 14.6. The molecule has 0 radical (unpaired) electrons. The summed E-state index contributed by atoms with van der Waals surface area (Å²) in [5.74, 6) is -1.25. The van der Waals surface area contributed by atoms with Crippen molar-refractivity contribution >= 4 is 39.0 Å². The van der Waals surface area contributed by atoms with Crippen molar-refractivity contribution in [3.63, 3.8) is 0 Å². The number of esters is 1. The van der Waals surface area contributed by atoms with Crippen molar-refractivity contribution in [1.82, 2.24) is 0 Å². The lowest BCUT2D eigenvalue weighted by molar-refractivity contribution is -0.149. The maximum Gasteiger partial charge on any atom is 0.315 e. The highest BCUT2D eigenvalue weighted by molar-refractivity contribution is 7.92. The molecule has 0 spiro atoms. The zero-order valence-corrected chi connectivity index (χ0v) is 16.9. The summed E-state index contributed by atoms with van der Waals surface area (Å²) in [5.41, 5.74) is 5.23. The Balaban J connectivity index is 2.12. The van der Waals surface area contributed by atoms with Crippen molar-refractivity contribution in [2.24, 2.45) is 11.1 Å². The largest absolute Gasteiger partial charge is 0.465 e. The Morgan fingerprint density at radius 3 is 2.37 bits per heavy atom. The van der Waals surface area contributed by atoms with Crippen LogP contribution in [0.15, 0.2) is 53.4 Å². The predicted octanol–water partition coefficient (Wildman–Crippen LogP) is 3.44. The van der Waals surface area contributed by atoms with Gasteiger partial charge in [-0.05, 0) is 48.9 Å². The molecule has 0 saturated heterocycles. The fourth-order valence-corrected chi connectivity index (χ4v) is 6.34. The second-order valence-corrected chi connectivity index (χ2v) is 9.36. The molecule has 1 aliphatic carbocycles. The van der Waals surface area contributed by atoms with Crippen LogP contribution in [0.4, 0.5) is 0 Å². The normalized spacial score (nSPS) is 24.4. The summed E-state index contributed by atoms with van der Waals surface area (Å²) >= 11 is 11.9. The predicted molar refractivity (Wildman–Crippen MR) is 105 cm³/mol. The Labute approximate surface area is 168 Å². The van der Waals surface area contributed by atoms with Gasteiger partial charge in [-0.1, -0.05) is 35.3 Å². The van der Waals surface area contributed by atoms with E-state index in [2.05, 4.69) is 0 Å². The van der Waals surface area contributed by atoms with Crippen LogP contribution in [0.1, 0.15) is 18.4 Å².